The van der Waals surface area contributed by atoms with E-state index in [9.17, 15) is 15.0 Å². The number of ether oxygens (including phenoxy) is 2. The SMILES string of the molecule is CCCCC(CC(C)O)OC(=O)OC(CCCC)CC(C)O. The van der Waals surface area contributed by atoms with Gasteiger partial charge < -0.3 is 19.7 Å². The van der Waals surface area contributed by atoms with Gasteiger partial charge in [0.05, 0.1) is 12.2 Å². The van der Waals surface area contributed by atoms with Gasteiger partial charge in [0.15, 0.2) is 0 Å². The molecular formula is C17H34O5. The van der Waals surface area contributed by atoms with E-state index in [1.807, 2.05) is 0 Å². The van der Waals surface area contributed by atoms with E-state index in [0.717, 1.165) is 38.5 Å². The van der Waals surface area contributed by atoms with Crippen molar-refractivity contribution in [2.45, 2.75) is 103 Å². The van der Waals surface area contributed by atoms with Crippen LogP contribution < -0.4 is 0 Å². The molecule has 0 heterocycles. The molecule has 5 nitrogen and oxygen atoms in total. The Morgan fingerprint density at radius 3 is 1.50 bits per heavy atom. The molecule has 0 radical (unpaired) electrons. The van der Waals surface area contributed by atoms with E-state index in [4.69, 9.17) is 9.47 Å². The highest BCUT2D eigenvalue weighted by Crippen LogP contribution is 2.16. The van der Waals surface area contributed by atoms with Crippen LogP contribution in [-0.2, 0) is 9.47 Å². The lowest BCUT2D eigenvalue weighted by molar-refractivity contribution is -0.0276. The number of aliphatic hydroxyl groups is 2. The molecule has 0 saturated carbocycles. The zero-order valence-electron chi connectivity index (χ0n) is 14.6. The van der Waals surface area contributed by atoms with Crippen molar-refractivity contribution in [1.82, 2.24) is 0 Å². The standard InChI is InChI=1S/C17H34O5/c1-5-7-9-15(11-13(3)18)21-17(20)22-16(10-8-6-2)12-14(4)19/h13-16,18-19H,5-12H2,1-4H3. The van der Waals surface area contributed by atoms with E-state index in [-0.39, 0.29) is 12.2 Å². The minimum absolute atomic E-state index is 0.314. The fraction of sp³-hybridized carbons (Fsp3) is 0.941. The van der Waals surface area contributed by atoms with Gasteiger partial charge in [0.2, 0.25) is 0 Å². The Bertz CT molecular complexity index is 252. The summed E-state index contributed by atoms with van der Waals surface area (Å²) in [6.07, 6.45) is 3.86. The molecule has 0 fully saturated rings. The quantitative estimate of drug-likeness (QED) is 0.535. The summed E-state index contributed by atoms with van der Waals surface area (Å²) in [5.41, 5.74) is 0. The number of unbranched alkanes of at least 4 members (excludes halogenated alkanes) is 2. The Kier molecular flexibility index (Phi) is 12.2. The van der Waals surface area contributed by atoms with Crippen molar-refractivity contribution in [2.24, 2.45) is 0 Å². The van der Waals surface area contributed by atoms with Crippen LogP contribution in [0.4, 0.5) is 4.79 Å². The van der Waals surface area contributed by atoms with Gasteiger partial charge in [-0.15, -0.1) is 0 Å². The molecule has 132 valence electrons. The summed E-state index contributed by atoms with van der Waals surface area (Å²) in [4.78, 5) is 11.9. The van der Waals surface area contributed by atoms with Gasteiger partial charge >= 0.3 is 6.16 Å². The monoisotopic (exact) mass is 318 g/mol. The molecule has 0 spiro atoms. The number of rotatable bonds is 12. The summed E-state index contributed by atoms with van der Waals surface area (Å²) in [6.45, 7) is 7.51. The van der Waals surface area contributed by atoms with Gasteiger partial charge in [0.25, 0.3) is 0 Å². The lowest BCUT2D eigenvalue weighted by Gasteiger charge is -2.22. The second-order valence-electron chi connectivity index (χ2n) is 6.18. The topological polar surface area (TPSA) is 76.0 Å². The minimum Gasteiger partial charge on any atom is -0.431 e. The predicted molar refractivity (Wildman–Crippen MR) is 86.8 cm³/mol. The van der Waals surface area contributed by atoms with Crippen LogP contribution in [0.3, 0.4) is 0 Å². The van der Waals surface area contributed by atoms with Crippen LogP contribution in [0.1, 0.15) is 79.1 Å². The van der Waals surface area contributed by atoms with Crippen molar-refractivity contribution in [3.63, 3.8) is 0 Å². The van der Waals surface area contributed by atoms with Crippen LogP contribution in [0.25, 0.3) is 0 Å². The highest BCUT2D eigenvalue weighted by molar-refractivity contribution is 5.60. The zero-order chi connectivity index (χ0) is 17.0. The lowest BCUT2D eigenvalue weighted by Crippen LogP contribution is -2.28. The average Bonchev–Trinajstić information content (AvgIpc) is 2.40. The lowest BCUT2D eigenvalue weighted by atomic mass is 10.1. The number of carbonyl (C=O) groups is 1. The summed E-state index contributed by atoms with van der Waals surface area (Å²) >= 11 is 0. The van der Waals surface area contributed by atoms with Crippen LogP contribution in [0.5, 0.6) is 0 Å². The van der Waals surface area contributed by atoms with Gasteiger partial charge in [-0.25, -0.2) is 4.79 Å². The van der Waals surface area contributed by atoms with Crippen LogP contribution >= 0.6 is 0 Å². The third-order valence-electron chi connectivity index (χ3n) is 3.49. The van der Waals surface area contributed by atoms with E-state index in [0.29, 0.717) is 12.8 Å². The molecule has 4 atom stereocenters. The summed E-state index contributed by atoms with van der Waals surface area (Å²) in [7, 11) is 0. The normalized spacial score (nSPS) is 16.6. The van der Waals surface area contributed by atoms with Gasteiger partial charge in [-0.1, -0.05) is 39.5 Å². The first-order chi connectivity index (χ1) is 10.4. The molecule has 0 aromatic heterocycles. The third-order valence-corrected chi connectivity index (χ3v) is 3.49. The molecule has 0 rings (SSSR count). The molecule has 0 aromatic carbocycles. The molecular weight excluding hydrogens is 284 g/mol. The van der Waals surface area contributed by atoms with Crippen LogP contribution in [0, 0.1) is 0 Å². The van der Waals surface area contributed by atoms with Gasteiger partial charge in [-0.3, -0.25) is 0 Å². The molecule has 22 heavy (non-hydrogen) atoms. The van der Waals surface area contributed by atoms with E-state index in [1.165, 1.54) is 0 Å². The number of carbonyl (C=O) groups excluding carboxylic acids is 1. The first-order valence-corrected chi connectivity index (χ1v) is 8.62. The summed E-state index contributed by atoms with van der Waals surface area (Å²) < 4.78 is 10.7. The Morgan fingerprint density at radius 2 is 1.23 bits per heavy atom. The Morgan fingerprint density at radius 1 is 0.864 bits per heavy atom. The minimum atomic E-state index is -0.691. The summed E-state index contributed by atoms with van der Waals surface area (Å²) in [6, 6.07) is 0. The zero-order valence-corrected chi connectivity index (χ0v) is 14.6. The van der Waals surface area contributed by atoms with Gasteiger partial charge in [0.1, 0.15) is 12.2 Å². The molecule has 0 aromatic rings. The van der Waals surface area contributed by atoms with E-state index in [1.54, 1.807) is 13.8 Å². The van der Waals surface area contributed by atoms with Crippen molar-refractivity contribution in [2.75, 3.05) is 0 Å². The maximum Gasteiger partial charge on any atom is 0.508 e. The van der Waals surface area contributed by atoms with Crippen molar-refractivity contribution < 1.29 is 24.5 Å². The van der Waals surface area contributed by atoms with Gasteiger partial charge in [-0.2, -0.15) is 0 Å². The summed E-state index contributed by atoms with van der Waals surface area (Å²) in [5, 5.41) is 19.0. The predicted octanol–water partition coefficient (Wildman–Crippen LogP) is 3.80. The number of hydrogen-bond donors (Lipinski definition) is 2. The van der Waals surface area contributed by atoms with E-state index < -0.39 is 18.4 Å². The maximum atomic E-state index is 11.9. The van der Waals surface area contributed by atoms with Crippen molar-refractivity contribution in [1.29, 1.82) is 0 Å². The largest absolute Gasteiger partial charge is 0.508 e. The first-order valence-electron chi connectivity index (χ1n) is 8.62. The Labute approximate surface area is 135 Å². The molecule has 0 aliphatic carbocycles. The van der Waals surface area contributed by atoms with Crippen molar-refractivity contribution in [3.05, 3.63) is 0 Å². The number of hydrogen-bond acceptors (Lipinski definition) is 5. The third kappa shape index (κ3) is 11.8. The Hall–Kier alpha value is -0.810. The summed E-state index contributed by atoms with van der Waals surface area (Å²) in [5.74, 6) is 0. The first kappa shape index (κ1) is 21.2. The molecule has 4 unspecified atom stereocenters. The van der Waals surface area contributed by atoms with Gasteiger partial charge in [0, 0.05) is 12.8 Å². The molecule has 0 amide bonds. The smallest absolute Gasteiger partial charge is 0.431 e. The van der Waals surface area contributed by atoms with Crippen molar-refractivity contribution >= 4 is 6.16 Å². The highest BCUT2D eigenvalue weighted by Gasteiger charge is 2.21. The maximum absolute atomic E-state index is 11.9. The fourth-order valence-corrected chi connectivity index (χ4v) is 2.37. The van der Waals surface area contributed by atoms with E-state index >= 15 is 0 Å². The molecule has 5 heteroatoms. The second kappa shape index (κ2) is 12.7. The fourth-order valence-electron chi connectivity index (χ4n) is 2.37. The van der Waals surface area contributed by atoms with Crippen molar-refractivity contribution in [3.8, 4) is 0 Å². The molecule has 0 aliphatic rings. The van der Waals surface area contributed by atoms with E-state index in [2.05, 4.69) is 13.8 Å². The Balaban J connectivity index is 4.40. The van der Waals surface area contributed by atoms with Gasteiger partial charge in [-0.05, 0) is 26.7 Å². The van der Waals surface area contributed by atoms with Crippen LogP contribution in [-0.4, -0.2) is 40.8 Å². The highest BCUT2D eigenvalue weighted by atomic mass is 16.7. The molecule has 2 N–H and O–H groups in total. The van der Waals surface area contributed by atoms with Crippen LogP contribution in [0.15, 0.2) is 0 Å². The number of aliphatic hydroxyl groups excluding tert-OH is 2. The molecule has 0 bridgehead atoms. The molecule has 0 aliphatic heterocycles. The average molecular weight is 318 g/mol. The van der Waals surface area contributed by atoms with Crippen LogP contribution in [0.2, 0.25) is 0 Å². The second-order valence-corrected chi connectivity index (χ2v) is 6.18. The molecule has 0 saturated heterocycles.